The Hall–Kier alpha value is -4.87. The minimum Gasteiger partial charge on any atom is -0.444 e. The molecule has 270 valence electrons. The number of piperidine rings is 1. The molecule has 2 aliphatic heterocycles. The molecule has 0 bridgehead atoms. The molecule has 2 saturated heterocycles. The van der Waals surface area contributed by atoms with E-state index in [1.165, 1.54) is 0 Å². The monoisotopic (exact) mass is 697 g/mol. The van der Waals surface area contributed by atoms with Crippen LogP contribution in [0.15, 0.2) is 54.9 Å². The maximum atomic E-state index is 16.6. The van der Waals surface area contributed by atoms with Crippen LogP contribution >= 0.6 is 0 Å². The quantitative estimate of drug-likeness (QED) is 0.233. The van der Waals surface area contributed by atoms with Crippen LogP contribution < -0.4 is 4.90 Å². The molecule has 2 aromatic heterocycles. The number of aromatic amines is 1. The number of fused-ring (bicyclic) bond motifs is 1. The highest BCUT2D eigenvalue weighted by Gasteiger charge is 2.33. The lowest BCUT2D eigenvalue weighted by atomic mass is 9.87. The van der Waals surface area contributed by atoms with E-state index in [1.807, 2.05) is 56.1 Å². The van der Waals surface area contributed by atoms with Crippen molar-refractivity contribution in [2.45, 2.75) is 77.0 Å². The zero-order valence-electron chi connectivity index (χ0n) is 30.0. The lowest BCUT2D eigenvalue weighted by Crippen LogP contribution is -2.50. The molecule has 11 nitrogen and oxygen atoms in total. The van der Waals surface area contributed by atoms with E-state index in [0.29, 0.717) is 74.4 Å². The fourth-order valence-corrected chi connectivity index (χ4v) is 7.33. The van der Waals surface area contributed by atoms with Gasteiger partial charge in [-0.3, -0.25) is 14.3 Å². The van der Waals surface area contributed by atoms with E-state index < -0.39 is 5.60 Å². The summed E-state index contributed by atoms with van der Waals surface area (Å²) < 4.78 is 23.9. The Morgan fingerprint density at radius 1 is 1.00 bits per heavy atom. The van der Waals surface area contributed by atoms with Crippen LogP contribution in [0.2, 0.25) is 0 Å². The number of amides is 3. The summed E-state index contributed by atoms with van der Waals surface area (Å²) in [6, 6.07) is 14.0. The first-order valence-electron chi connectivity index (χ1n) is 18.2. The third-order valence-electron chi connectivity index (χ3n) is 10.3. The summed E-state index contributed by atoms with van der Waals surface area (Å²) in [5, 5.41) is 4.87. The zero-order chi connectivity index (χ0) is 35.9. The van der Waals surface area contributed by atoms with Crippen molar-refractivity contribution in [1.82, 2.24) is 29.5 Å². The van der Waals surface area contributed by atoms with Gasteiger partial charge >= 0.3 is 6.09 Å². The Labute approximate surface area is 298 Å². The number of nitrogens with zero attached hydrogens (tertiary/aromatic N) is 6. The van der Waals surface area contributed by atoms with Crippen LogP contribution in [0.4, 0.5) is 14.9 Å². The molecule has 3 aliphatic rings. The van der Waals surface area contributed by atoms with E-state index >= 15 is 4.39 Å². The predicted octanol–water partition coefficient (Wildman–Crippen LogP) is 6.26. The molecule has 51 heavy (non-hydrogen) atoms. The fourth-order valence-electron chi connectivity index (χ4n) is 7.33. The molecule has 1 aliphatic carbocycles. The van der Waals surface area contributed by atoms with Crippen LogP contribution in [-0.2, 0) is 16.1 Å². The van der Waals surface area contributed by atoms with E-state index in [2.05, 4.69) is 27.1 Å². The van der Waals surface area contributed by atoms with E-state index in [-0.39, 0.29) is 35.7 Å². The third-order valence-corrected chi connectivity index (χ3v) is 10.3. The summed E-state index contributed by atoms with van der Waals surface area (Å²) in [6.07, 6.45) is 7.08. The Kier molecular flexibility index (Phi) is 9.52. The molecule has 3 amide bonds. The van der Waals surface area contributed by atoms with Crippen LogP contribution in [0.5, 0.6) is 0 Å². The van der Waals surface area contributed by atoms with Gasteiger partial charge in [-0.05, 0) is 93.5 Å². The molecule has 1 atom stereocenters. The standard InChI is InChI=1S/C39H48FN7O4/c1-39(2,3)51-38(50)45-21-19-44(20-22-45)29-10-8-26(9-11-29)30-23-31(27-7-5-16-46(25-27)34(48)14-18-47-17-6-15-41-47)35(40)36-32(30)24-33(42-36)37(49)43(4)28-12-13-28/h6,8-11,15,17,23-24,27-28,42H,5,7,12-14,16,18-22,25H2,1-4H3/t27-/m0/s1. The number of anilines is 1. The van der Waals surface area contributed by atoms with Crippen molar-refractivity contribution in [1.29, 1.82) is 0 Å². The predicted molar refractivity (Wildman–Crippen MR) is 194 cm³/mol. The van der Waals surface area contributed by atoms with Crippen molar-refractivity contribution in [3.05, 3.63) is 71.9 Å². The first kappa shape index (κ1) is 34.6. The van der Waals surface area contributed by atoms with Crippen molar-refractivity contribution in [2.75, 3.05) is 51.2 Å². The molecule has 0 spiro atoms. The highest BCUT2D eigenvalue weighted by Crippen LogP contribution is 2.39. The molecule has 3 fully saturated rings. The Bertz CT molecular complexity index is 1890. The molecule has 0 radical (unpaired) electrons. The Morgan fingerprint density at radius 2 is 1.75 bits per heavy atom. The molecule has 12 heteroatoms. The molecule has 4 aromatic rings. The highest BCUT2D eigenvalue weighted by atomic mass is 19.1. The van der Waals surface area contributed by atoms with Gasteiger partial charge in [-0.25, -0.2) is 9.18 Å². The van der Waals surface area contributed by atoms with Gasteiger partial charge in [0.25, 0.3) is 5.91 Å². The van der Waals surface area contributed by atoms with Crippen molar-refractivity contribution in [2.24, 2.45) is 0 Å². The van der Waals surface area contributed by atoms with Crippen molar-refractivity contribution < 1.29 is 23.5 Å². The zero-order valence-corrected chi connectivity index (χ0v) is 30.0. The number of rotatable bonds is 8. The second-order valence-corrected chi connectivity index (χ2v) is 15.1. The number of carbonyl (C=O) groups is 3. The van der Waals surface area contributed by atoms with E-state index in [1.54, 1.807) is 33.8 Å². The number of ether oxygens (including phenoxy) is 1. The summed E-state index contributed by atoms with van der Waals surface area (Å²) in [4.78, 5) is 50.0. The first-order valence-corrected chi connectivity index (χ1v) is 18.2. The minimum atomic E-state index is -0.537. The van der Waals surface area contributed by atoms with Crippen LogP contribution in [0, 0.1) is 5.82 Å². The largest absolute Gasteiger partial charge is 0.444 e. The van der Waals surface area contributed by atoms with Gasteiger partial charge in [0.05, 0.1) is 5.52 Å². The van der Waals surface area contributed by atoms with Gasteiger partial charge in [0, 0.05) is 94.7 Å². The van der Waals surface area contributed by atoms with E-state index in [9.17, 15) is 14.4 Å². The number of halogens is 1. The fraction of sp³-hybridized carbons (Fsp3) is 0.487. The van der Waals surface area contributed by atoms with Crippen LogP contribution in [0.3, 0.4) is 0 Å². The number of carbonyl (C=O) groups excluding carboxylic acids is 3. The summed E-state index contributed by atoms with van der Waals surface area (Å²) in [5.74, 6) is -0.659. The molecule has 1 saturated carbocycles. The maximum Gasteiger partial charge on any atom is 0.410 e. The van der Waals surface area contributed by atoms with Crippen molar-refractivity contribution >= 4 is 34.5 Å². The molecular weight excluding hydrogens is 649 g/mol. The summed E-state index contributed by atoms with van der Waals surface area (Å²) >= 11 is 0. The summed E-state index contributed by atoms with van der Waals surface area (Å²) in [5.41, 5.74) is 3.50. The lowest BCUT2D eigenvalue weighted by molar-refractivity contribution is -0.132. The lowest BCUT2D eigenvalue weighted by Gasteiger charge is -2.36. The topological polar surface area (TPSA) is 107 Å². The number of aryl methyl sites for hydroxylation is 1. The molecule has 2 aromatic carbocycles. The Balaban J connectivity index is 1.15. The van der Waals surface area contributed by atoms with Gasteiger partial charge in [0.1, 0.15) is 11.3 Å². The highest BCUT2D eigenvalue weighted by molar-refractivity contribution is 6.03. The second-order valence-electron chi connectivity index (χ2n) is 15.1. The minimum absolute atomic E-state index is 0.0373. The van der Waals surface area contributed by atoms with Gasteiger partial charge in [-0.15, -0.1) is 0 Å². The van der Waals surface area contributed by atoms with Gasteiger partial charge in [0.2, 0.25) is 5.91 Å². The first-order chi connectivity index (χ1) is 24.4. The van der Waals surface area contributed by atoms with Gasteiger partial charge in [0.15, 0.2) is 5.82 Å². The van der Waals surface area contributed by atoms with Crippen molar-refractivity contribution in [3.8, 4) is 11.1 Å². The Morgan fingerprint density at radius 3 is 2.41 bits per heavy atom. The average molecular weight is 698 g/mol. The number of nitrogens with one attached hydrogen (secondary N) is 1. The summed E-state index contributed by atoms with van der Waals surface area (Å²) in [7, 11) is 1.81. The normalized spacial score (nSPS) is 18.3. The number of likely N-dealkylation sites (tertiary alicyclic amines) is 1. The number of hydrogen-bond acceptors (Lipinski definition) is 6. The van der Waals surface area contributed by atoms with Gasteiger partial charge < -0.3 is 29.3 Å². The smallest absolute Gasteiger partial charge is 0.410 e. The SMILES string of the molecule is CN(C(=O)c1cc2c(-c3ccc(N4CCN(C(=O)OC(C)(C)C)CC4)cc3)cc([C@H]3CCCN(C(=O)CCn4cccn4)C3)c(F)c2[nH]1)C1CC1. The number of benzene rings is 2. The van der Waals surface area contributed by atoms with Crippen LogP contribution in [-0.4, -0.2) is 105 Å². The maximum absolute atomic E-state index is 16.6. The van der Waals surface area contributed by atoms with E-state index in [0.717, 1.165) is 42.5 Å². The van der Waals surface area contributed by atoms with Gasteiger partial charge in [-0.1, -0.05) is 12.1 Å². The molecule has 1 N–H and O–H groups in total. The average Bonchev–Trinajstić information content (AvgIpc) is 3.65. The van der Waals surface area contributed by atoms with Crippen LogP contribution in [0.25, 0.3) is 22.0 Å². The van der Waals surface area contributed by atoms with Crippen LogP contribution in [0.1, 0.15) is 74.8 Å². The van der Waals surface area contributed by atoms with Gasteiger partial charge in [-0.2, -0.15) is 5.10 Å². The molecule has 0 unspecified atom stereocenters. The summed E-state index contributed by atoms with van der Waals surface area (Å²) in [6.45, 7) is 9.69. The second kappa shape index (κ2) is 14.0. The third kappa shape index (κ3) is 7.60. The van der Waals surface area contributed by atoms with E-state index in [4.69, 9.17) is 4.74 Å². The number of aromatic nitrogens is 3. The molecule has 7 rings (SSSR count). The number of H-pyrrole nitrogens is 1. The number of piperazine rings is 1. The number of hydrogen-bond donors (Lipinski definition) is 1. The molecular formula is C39H48FN7O4. The molecule has 4 heterocycles. The van der Waals surface area contributed by atoms with Crippen molar-refractivity contribution in [3.63, 3.8) is 0 Å².